The van der Waals surface area contributed by atoms with Gasteiger partial charge in [0.05, 0.1) is 0 Å². The summed E-state index contributed by atoms with van der Waals surface area (Å²) in [5, 5.41) is 1.28. The first-order chi connectivity index (χ1) is 10.6. The van der Waals surface area contributed by atoms with Crippen LogP contribution in [0.15, 0.2) is 48.7 Å². The molecule has 0 unspecified atom stereocenters. The van der Waals surface area contributed by atoms with Crippen molar-refractivity contribution in [1.82, 2.24) is 9.88 Å². The van der Waals surface area contributed by atoms with Crippen molar-refractivity contribution in [1.29, 1.82) is 0 Å². The number of hydrogen-bond acceptors (Lipinski definition) is 1. The lowest BCUT2D eigenvalue weighted by molar-refractivity contribution is 0.0784. The quantitative estimate of drug-likeness (QED) is 0.771. The lowest BCUT2D eigenvalue weighted by Crippen LogP contribution is -2.26. The van der Waals surface area contributed by atoms with Crippen LogP contribution in [-0.2, 0) is 6.54 Å². The third-order valence-corrected chi connectivity index (χ3v) is 3.96. The minimum atomic E-state index is -0.409. The molecule has 1 N–H and O–H groups in total. The second-order valence-electron chi connectivity index (χ2n) is 5.14. The van der Waals surface area contributed by atoms with E-state index in [2.05, 4.69) is 4.98 Å². The molecule has 1 heterocycles. The van der Waals surface area contributed by atoms with Crippen LogP contribution in [0.5, 0.6) is 0 Å². The van der Waals surface area contributed by atoms with Gasteiger partial charge in [-0.05, 0) is 36.4 Å². The van der Waals surface area contributed by atoms with Gasteiger partial charge in [-0.1, -0.05) is 17.7 Å². The van der Waals surface area contributed by atoms with E-state index < -0.39 is 5.82 Å². The van der Waals surface area contributed by atoms with Crippen LogP contribution in [0.3, 0.4) is 0 Å². The average Bonchev–Trinajstić information content (AvgIpc) is 2.97. The molecule has 0 saturated carbocycles. The van der Waals surface area contributed by atoms with Gasteiger partial charge >= 0.3 is 0 Å². The molecular weight excluding hydrogens is 303 g/mol. The number of hydrogen-bond donors (Lipinski definition) is 1. The Hall–Kier alpha value is -2.33. The maximum absolute atomic E-state index is 13.8. The van der Waals surface area contributed by atoms with Crippen molar-refractivity contribution in [2.24, 2.45) is 0 Å². The van der Waals surface area contributed by atoms with Crippen molar-refractivity contribution < 1.29 is 9.18 Å². The molecule has 0 saturated heterocycles. The molecule has 22 heavy (non-hydrogen) atoms. The van der Waals surface area contributed by atoms with Gasteiger partial charge in [0.15, 0.2) is 0 Å². The number of halogens is 2. The number of amides is 1. The van der Waals surface area contributed by atoms with E-state index in [1.165, 1.54) is 11.0 Å². The Morgan fingerprint density at radius 2 is 2.09 bits per heavy atom. The first-order valence-corrected chi connectivity index (χ1v) is 7.19. The first kappa shape index (κ1) is 14.6. The summed E-state index contributed by atoms with van der Waals surface area (Å²) in [6.07, 6.45) is 1.82. The van der Waals surface area contributed by atoms with Crippen LogP contribution in [-0.4, -0.2) is 22.8 Å². The number of nitrogens with one attached hydrogen (secondary N) is 1. The van der Waals surface area contributed by atoms with Gasteiger partial charge in [0.1, 0.15) is 5.82 Å². The minimum absolute atomic E-state index is 0.121. The maximum atomic E-state index is 13.8. The summed E-state index contributed by atoms with van der Waals surface area (Å²) in [6.45, 7) is 0.121. The Labute approximate surface area is 132 Å². The van der Waals surface area contributed by atoms with Crippen LogP contribution in [0.1, 0.15) is 15.9 Å². The van der Waals surface area contributed by atoms with E-state index in [4.69, 9.17) is 11.6 Å². The van der Waals surface area contributed by atoms with Crippen molar-refractivity contribution >= 4 is 28.4 Å². The lowest BCUT2D eigenvalue weighted by atomic mass is 10.1. The van der Waals surface area contributed by atoms with Crippen LogP contribution >= 0.6 is 11.6 Å². The molecule has 0 spiro atoms. The molecule has 0 bridgehead atoms. The summed E-state index contributed by atoms with van der Waals surface area (Å²) in [5.41, 5.74) is 1.85. The molecule has 2 aromatic carbocycles. The van der Waals surface area contributed by atoms with Gasteiger partial charge in [0.2, 0.25) is 0 Å². The fourth-order valence-corrected chi connectivity index (χ4v) is 2.62. The number of carbonyl (C=O) groups is 1. The zero-order valence-electron chi connectivity index (χ0n) is 11.9. The largest absolute Gasteiger partial charge is 0.361 e. The van der Waals surface area contributed by atoms with E-state index in [1.54, 1.807) is 25.2 Å². The van der Waals surface area contributed by atoms with Crippen LogP contribution < -0.4 is 0 Å². The summed E-state index contributed by atoms with van der Waals surface area (Å²) in [6, 6.07) is 11.8. The van der Waals surface area contributed by atoms with Gasteiger partial charge in [-0.3, -0.25) is 4.79 Å². The highest BCUT2D eigenvalue weighted by atomic mass is 35.5. The zero-order chi connectivity index (χ0) is 15.7. The summed E-state index contributed by atoms with van der Waals surface area (Å²) >= 11 is 6.01. The predicted octanol–water partition coefficient (Wildman–Crippen LogP) is 4.23. The molecular formula is C17H14ClFN2O. The summed E-state index contributed by atoms with van der Waals surface area (Å²) < 4.78 is 13.8. The second-order valence-corrected chi connectivity index (χ2v) is 5.55. The number of H-pyrrole nitrogens is 1. The van der Waals surface area contributed by atoms with E-state index in [-0.39, 0.29) is 12.5 Å². The van der Waals surface area contributed by atoms with Crippen LogP contribution in [0.25, 0.3) is 10.9 Å². The molecule has 112 valence electrons. The smallest absolute Gasteiger partial charge is 0.253 e. The lowest BCUT2D eigenvalue weighted by Gasteiger charge is -2.18. The molecule has 3 rings (SSSR count). The summed E-state index contributed by atoms with van der Waals surface area (Å²) in [4.78, 5) is 17.0. The monoisotopic (exact) mass is 316 g/mol. The highest BCUT2D eigenvalue weighted by molar-refractivity contribution is 6.31. The number of benzene rings is 2. The molecule has 0 aliphatic carbocycles. The molecule has 0 aliphatic heterocycles. The highest BCUT2D eigenvalue weighted by Gasteiger charge is 2.16. The Morgan fingerprint density at radius 3 is 2.86 bits per heavy atom. The fraction of sp³-hybridized carbons (Fsp3) is 0.118. The molecule has 0 radical (unpaired) electrons. The molecule has 0 atom stereocenters. The maximum Gasteiger partial charge on any atom is 0.253 e. The Kier molecular flexibility index (Phi) is 3.86. The highest BCUT2D eigenvalue weighted by Crippen LogP contribution is 2.22. The topological polar surface area (TPSA) is 36.1 Å². The van der Waals surface area contributed by atoms with Crippen LogP contribution in [0, 0.1) is 5.82 Å². The standard InChI is InChI=1S/C17H14ClFN2O/c1-21(10-13-14(18)3-2-4-15(13)19)17(22)12-5-6-16-11(9-12)7-8-20-16/h2-9,20H,10H2,1H3. The Balaban J connectivity index is 1.85. The molecule has 3 aromatic rings. The van der Waals surface area contributed by atoms with E-state index in [1.807, 2.05) is 24.4 Å². The molecule has 5 heteroatoms. The van der Waals surface area contributed by atoms with E-state index >= 15 is 0 Å². The van der Waals surface area contributed by atoms with Crippen molar-refractivity contribution in [3.63, 3.8) is 0 Å². The summed E-state index contributed by atoms with van der Waals surface area (Å²) in [7, 11) is 1.63. The number of aromatic amines is 1. The van der Waals surface area contributed by atoms with Gasteiger partial charge in [-0.15, -0.1) is 0 Å². The van der Waals surface area contributed by atoms with E-state index in [0.717, 1.165) is 10.9 Å². The number of fused-ring (bicyclic) bond motifs is 1. The average molecular weight is 317 g/mol. The second kappa shape index (κ2) is 5.81. The van der Waals surface area contributed by atoms with Crippen LogP contribution in [0.2, 0.25) is 5.02 Å². The van der Waals surface area contributed by atoms with Crippen molar-refractivity contribution in [3.05, 3.63) is 70.6 Å². The zero-order valence-corrected chi connectivity index (χ0v) is 12.7. The Morgan fingerprint density at radius 1 is 1.27 bits per heavy atom. The molecule has 0 fully saturated rings. The number of rotatable bonds is 3. The van der Waals surface area contributed by atoms with Gasteiger partial charge in [-0.2, -0.15) is 0 Å². The van der Waals surface area contributed by atoms with E-state index in [9.17, 15) is 9.18 Å². The molecule has 0 aliphatic rings. The Bertz CT molecular complexity index is 823. The number of aromatic nitrogens is 1. The molecule has 1 amide bonds. The number of nitrogens with zero attached hydrogens (tertiary/aromatic N) is 1. The molecule has 3 nitrogen and oxygen atoms in total. The van der Waals surface area contributed by atoms with Gasteiger partial charge < -0.3 is 9.88 Å². The third kappa shape index (κ3) is 2.70. The SMILES string of the molecule is CN(Cc1c(F)cccc1Cl)C(=O)c1ccc2[nH]ccc2c1. The summed E-state index contributed by atoms with van der Waals surface area (Å²) in [5.74, 6) is -0.587. The normalized spacial score (nSPS) is 10.9. The predicted molar refractivity (Wildman–Crippen MR) is 85.5 cm³/mol. The van der Waals surface area contributed by atoms with Crippen molar-refractivity contribution in [2.45, 2.75) is 6.54 Å². The van der Waals surface area contributed by atoms with Gasteiger partial charge in [-0.25, -0.2) is 4.39 Å². The first-order valence-electron chi connectivity index (χ1n) is 6.82. The van der Waals surface area contributed by atoms with Gasteiger partial charge in [0.25, 0.3) is 5.91 Å². The molecule has 1 aromatic heterocycles. The third-order valence-electron chi connectivity index (χ3n) is 3.60. The van der Waals surface area contributed by atoms with Crippen LogP contribution in [0.4, 0.5) is 4.39 Å². The van der Waals surface area contributed by atoms with E-state index in [0.29, 0.717) is 16.1 Å². The van der Waals surface area contributed by atoms with Gasteiger partial charge in [0, 0.05) is 46.8 Å². The fourth-order valence-electron chi connectivity index (χ4n) is 2.40. The number of carbonyl (C=O) groups excluding carboxylic acids is 1. The van der Waals surface area contributed by atoms with Crippen molar-refractivity contribution in [2.75, 3.05) is 7.05 Å². The minimum Gasteiger partial charge on any atom is -0.361 e. The van der Waals surface area contributed by atoms with Crippen molar-refractivity contribution in [3.8, 4) is 0 Å².